The van der Waals surface area contributed by atoms with E-state index in [9.17, 15) is 0 Å². The lowest BCUT2D eigenvalue weighted by Gasteiger charge is -1.93. The summed E-state index contributed by atoms with van der Waals surface area (Å²) < 4.78 is 0. The van der Waals surface area contributed by atoms with Gasteiger partial charge >= 0.3 is 23.1 Å². The largest absolute Gasteiger partial charge is 0.354 e. The van der Waals surface area contributed by atoms with Crippen LogP contribution < -0.4 is 0 Å². The molecule has 0 atom stereocenters. The second-order valence-corrected chi connectivity index (χ2v) is 3.51. The van der Waals surface area contributed by atoms with E-state index in [1.54, 1.807) is 0 Å². The first-order valence-electron chi connectivity index (χ1n) is 4.67. The summed E-state index contributed by atoms with van der Waals surface area (Å²) in [7, 11) is 0. The quantitative estimate of drug-likeness (QED) is 0.544. The Morgan fingerprint density at radius 1 is 0.867 bits per heavy atom. The van der Waals surface area contributed by atoms with E-state index in [1.165, 1.54) is 16.3 Å². The van der Waals surface area contributed by atoms with Crippen molar-refractivity contribution in [3.05, 3.63) is 55.0 Å². The van der Waals surface area contributed by atoms with Gasteiger partial charge in [0.15, 0.2) is 0 Å². The van der Waals surface area contributed by atoms with Crippen LogP contribution in [0.5, 0.6) is 0 Å². The van der Waals surface area contributed by atoms with Crippen LogP contribution in [0.25, 0.3) is 21.8 Å². The van der Waals surface area contributed by atoms with Gasteiger partial charge in [-0.15, -0.1) is 0 Å². The summed E-state index contributed by atoms with van der Waals surface area (Å²) in [6.07, 6.45) is 0. The first-order chi connectivity index (χ1) is 6.86. The van der Waals surface area contributed by atoms with E-state index < -0.39 is 0 Å². The highest BCUT2D eigenvalue weighted by Crippen LogP contribution is 2.26. The Labute approximate surface area is 105 Å². The van der Waals surface area contributed by atoms with Crippen LogP contribution in [0.3, 0.4) is 0 Å². The van der Waals surface area contributed by atoms with Gasteiger partial charge in [-0.2, -0.15) is 0 Å². The average Bonchev–Trinajstić information content (AvgIpc) is 2.59. The van der Waals surface area contributed by atoms with Crippen molar-refractivity contribution in [1.29, 1.82) is 0 Å². The van der Waals surface area contributed by atoms with Crippen LogP contribution in [-0.4, -0.2) is 28.0 Å². The minimum absolute atomic E-state index is 0. The van der Waals surface area contributed by atoms with Crippen molar-refractivity contribution in [2.24, 2.45) is 0 Å². The maximum atomic E-state index is 4.01. The zero-order valence-electron chi connectivity index (χ0n) is 7.75. The number of hydrogen-bond donors (Lipinski definition) is 1. The minimum Gasteiger partial charge on any atom is -0.354 e. The van der Waals surface area contributed by atoms with Gasteiger partial charge in [-0.1, -0.05) is 36.4 Å². The summed E-state index contributed by atoms with van der Waals surface area (Å²) in [4.78, 5) is 3.38. The zero-order valence-corrected chi connectivity index (χ0v) is 7.75. The van der Waals surface area contributed by atoms with Gasteiger partial charge in [0.1, 0.15) is 0 Å². The van der Waals surface area contributed by atoms with Gasteiger partial charge < -0.3 is 4.98 Å². The first-order valence-corrected chi connectivity index (χ1v) is 4.67. The number of hydrogen-bond acceptors (Lipinski definition) is 0. The Balaban J connectivity index is 0.000000853. The van der Waals surface area contributed by atoms with Gasteiger partial charge in [-0.05, 0) is 18.6 Å². The highest BCUT2D eigenvalue weighted by Gasteiger charge is 2.03. The van der Waals surface area contributed by atoms with Gasteiger partial charge in [0.05, 0.1) is 0 Å². The van der Waals surface area contributed by atoms with Gasteiger partial charge in [-0.25, -0.2) is 0 Å². The van der Waals surface area contributed by atoms with Crippen LogP contribution in [0, 0.1) is 6.92 Å². The van der Waals surface area contributed by atoms with E-state index in [0.29, 0.717) is 0 Å². The third kappa shape index (κ3) is 1.54. The molecule has 0 aliphatic heterocycles. The molecule has 2 aromatic carbocycles. The average molecular weight is 207 g/mol. The minimum atomic E-state index is 0. The van der Waals surface area contributed by atoms with E-state index in [0.717, 1.165) is 11.1 Å². The van der Waals surface area contributed by atoms with Crippen LogP contribution in [0.4, 0.5) is 0 Å². The molecule has 3 aromatic rings. The van der Waals surface area contributed by atoms with Gasteiger partial charge in [0.25, 0.3) is 0 Å². The number of nitrogens with one attached hydrogen (secondary N) is 1. The molecule has 0 aliphatic rings. The molecule has 1 radical (unpaired) electrons. The summed E-state index contributed by atoms with van der Waals surface area (Å²) in [6, 6.07) is 14.5. The molecule has 0 bridgehead atoms. The second-order valence-electron chi connectivity index (χ2n) is 3.51. The lowest BCUT2D eigenvalue weighted by atomic mass is 10.1. The molecular weight excluding hydrogens is 194 g/mol. The smallest absolute Gasteiger partial charge is 0.316 e. The van der Waals surface area contributed by atoms with E-state index in [-0.39, 0.29) is 23.1 Å². The van der Waals surface area contributed by atoms with Crippen LogP contribution in [-0.2, 0) is 0 Å². The highest BCUT2D eigenvalue weighted by molar-refractivity contribution is 6.08. The number of fused-ring (bicyclic) bond motifs is 3. The lowest BCUT2D eigenvalue weighted by molar-refractivity contribution is 1.52. The molecule has 0 saturated heterocycles. The fourth-order valence-electron chi connectivity index (χ4n) is 1.93. The van der Waals surface area contributed by atoms with Crippen molar-refractivity contribution in [3.63, 3.8) is 0 Å². The molecule has 0 saturated carbocycles. The Kier molecular flexibility index (Phi) is 2.72. The van der Waals surface area contributed by atoms with Crippen LogP contribution in [0.1, 0.15) is 5.56 Å². The third-order valence-corrected chi connectivity index (χ3v) is 2.63. The molecule has 1 aromatic heterocycles. The molecule has 0 spiro atoms. The fourth-order valence-corrected chi connectivity index (χ4v) is 1.93. The van der Waals surface area contributed by atoms with E-state index >= 15 is 0 Å². The SMILES string of the molecule is [CH2]c1cccc2c1[nH]c1ccccc12.[MgH2]. The number of H-pyrrole nitrogens is 1. The van der Waals surface area contributed by atoms with Crippen LogP contribution in [0.15, 0.2) is 42.5 Å². The monoisotopic (exact) mass is 206 g/mol. The Bertz CT molecular complexity index is 610. The van der Waals surface area contributed by atoms with Crippen molar-refractivity contribution >= 4 is 44.9 Å². The topological polar surface area (TPSA) is 15.8 Å². The second kappa shape index (κ2) is 3.87. The fraction of sp³-hybridized carbons (Fsp3) is 0. The summed E-state index contributed by atoms with van der Waals surface area (Å²) >= 11 is 0. The number of aromatic nitrogens is 1. The molecule has 1 nitrogen and oxygen atoms in total. The van der Waals surface area contributed by atoms with Gasteiger partial charge in [-0.3, -0.25) is 0 Å². The summed E-state index contributed by atoms with van der Waals surface area (Å²) in [5, 5.41) is 2.53. The van der Waals surface area contributed by atoms with Crippen molar-refractivity contribution in [2.75, 3.05) is 0 Å². The molecular formula is C13H12MgN. The molecule has 0 unspecified atom stereocenters. The standard InChI is InChI=1S/C13H10N.Mg.2H/c1-9-5-4-7-11-10-6-2-3-8-12(10)14-13(9)11;;;/h2-8,14H,1H2;;;. The number of aromatic amines is 1. The predicted octanol–water partition coefficient (Wildman–Crippen LogP) is 2.59. The molecule has 0 aliphatic carbocycles. The van der Waals surface area contributed by atoms with E-state index in [4.69, 9.17) is 0 Å². The first kappa shape index (κ1) is 10.5. The van der Waals surface area contributed by atoms with Crippen LogP contribution >= 0.6 is 0 Å². The van der Waals surface area contributed by atoms with Crippen molar-refractivity contribution in [3.8, 4) is 0 Å². The van der Waals surface area contributed by atoms with Crippen molar-refractivity contribution in [1.82, 2.24) is 4.98 Å². The Morgan fingerprint density at radius 2 is 1.60 bits per heavy atom. The van der Waals surface area contributed by atoms with E-state index in [1.807, 2.05) is 18.2 Å². The third-order valence-electron chi connectivity index (χ3n) is 2.63. The molecule has 3 rings (SSSR count). The molecule has 15 heavy (non-hydrogen) atoms. The highest BCUT2D eigenvalue weighted by atomic mass is 24.3. The molecule has 0 amide bonds. The normalized spacial score (nSPS) is 10.5. The molecule has 1 heterocycles. The lowest BCUT2D eigenvalue weighted by Crippen LogP contribution is -1.73. The molecule has 2 heteroatoms. The number of benzene rings is 2. The Hall–Kier alpha value is -0.994. The molecule has 0 fully saturated rings. The molecule has 1 N–H and O–H groups in total. The van der Waals surface area contributed by atoms with Crippen molar-refractivity contribution in [2.45, 2.75) is 0 Å². The van der Waals surface area contributed by atoms with Gasteiger partial charge in [0.2, 0.25) is 0 Å². The number of para-hydroxylation sites is 2. The van der Waals surface area contributed by atoms with E-state index in [2.05, 4.69) is 36.2 Å². The van der Waals surface area contributed by atoms with Crippen molar-refractivity contribution < 1.29 is 0 Å². The number of rotatable bonds is 0. The summed E-state index contributed by atoms with van der Waals surface area (Å²) in [6.45, 7) is 4.01. The predicted molar refractivity (Wildman–Crippen MR) is 68.8 cm³/mol. The summed E-state index contributed by atoms with van der Waals surface area (Å²) in [5.74, 6) is 0. The summed E-state index contributed by atoms with van der Waals surface area (Å²) in [5.41, 5.74) is 3.38. The van der Waals surface area contributed by atoms with Crippen LogP contribution in [0.2, 0.25) is 0 Å². The maximum Gasteiger partial charge on any atom is 0.316 e. The maximum absolute atomic E-state index is 4.01. The Morgan fingerprint density at radius 3 is 2.47 bits per heavy atom. The van der Waals surface area contributed by atoms with Gasteiger partial charge in [0, 0.05) is 21.8 Å². The zero-order chi connectivity index (χ0) is 9.54. The molecule has 71 valence electrons.